The molecule has 1 aliphatic rings. The molecule has 1 N–H and O–H groups in total. The number of carbonyl (C=O) groups is 1. The van der Waals surface area contributed by atoms with E-state index >= 15 is 0 Å². The van der Waals surface area contributed by atoms with Gasteiger partial charge in [-0.25, -0.2) is 4.79 Å². The normalized spacial score (nSPS) is 14.3. The van der Waals surface area contributed by atoms with Crippen molar-refractivity contribution in [2.75, 3.05) is 11.4 Å². The predicted octanol–water partition coefficient (Wildman–Crippen LogP) is 1.65. The molecule has 6 nitrogen and oxygen atoms in total. The minimum Gasteiger partial charge on any atom is -0.478 e. The topological polar surface area (TPSA) is 71.2 Å². The lowest BCUT2D eigenvalue weighted by atomic mass is 10.1. The maximum absolute atomic E-state index is 11.3. The highest BCUT2D eigenvalue weighted by Gasteiger charge is 2.22. The quantitative estimate of drug-likeness (QED) is 0.904. The number of anilines is 1. The summed E-state index contributed by atoms with van der Waals surface area (Å²) in [5.74, 6) is -0.151. The van der Waals surface area contributed by atoms with Crippen LogP contribution in [0.5, 0.6) is 0 Å². The van der Waals surface area contributed by atoms with Crippen molar-refractivity contribution in [2.45, 2.75) is 13.1 Å². The third kappa shape index (κ3) is 2.15. The molecule has 0 spiro atoms. The number of hydrogen-bond donors (Lipinski definition) is 1. The average molecular weight is 279 g/mol. The first-order chi connectivity index (χ1) is 9.15. The van der Waals surface area contributed by atoms with Gasteiger partial charge in [0.15, 0.2) is 5.82 Å². The van der Waals surface area contributed by atoms with Gasteiger partial charge in [-0.15, -0.1) is 10.2 Å². The van der Waals surface area contributed by atoms with E-state index in [-0.39, 0.29) is 5.56 Å². The molecule has 3 rings (SSSR count). The van der Waals surface area contributed by atoms with Crippen LogP contribution < -0.4 is 4.90 Å². The summed E-state index contributed by atoms with van der Waals surface area (Å²) >= 11 is 5.86. The van der Waals surface area contributed by atoms with Gasteiger partial charge in [-0.2, -0.15) is 0 Å². The van der Waals surface area contributed by atoms with Gasteiger partial charge in [0.25, 0.3) is 0 Å². The molecule has 0 aliphatic carbocycles. The van der Waals surface area contributed by atoms with E-state index in [9.17, 15) is 9.90 Å². The maximum atomic E-state index is 11.3. The number of fused-ring (bicyclic) bond motifs is 1. The lowest BCUT2D eigenvalue weighted by molar-refractivity contribution is 0.0697. The number of carboxylic acid groups (broad SMARTS) is 1. The Morgan fingerprint density at radius 1 is 1.37 bits per heavy atom. The standard InChI is InChI=1S/C12H11ClN4O2/c13-8-1-2-10(9(5-8)12(18)19)16-3-4-17-7-14-15-11(17)6-16/h1-2,5,7H,3-4,6H2,(H,18,19). The van der Waals surface area contributed by atoms with Crippen LogP contribution in [0.4, 0.5) is 5.69 Å². The third-order valence-corrected chi connectivity index (χ3v) is 3.40. The van der Waals surface area contributed by atoms with Crippen LogP contribution in [-0.4, -0.2) is 32.4 Å². The third-order valence-electron chi connectivity index (χ3n) is 3.17. The fourth-order valence-corrected chi connectivity index (χ4v) is 2.40. The van der Waals surface area contributed by atoms with Crippen molar-refractivity contribution >= 4 is 23.3 Å². The zero-order chi connectivity index (χ0) is 13.4. The number of halogens is 1. The maximum Gasteiger partial charge on any atom is 0.337 e. The van der Waals surface area contributed by atoms with Gasteiger partial charge in [0.2, 0.25) is 0 Å². The van der Waals surface area contributed by atoms with E-state index in [2.05, 4.69) is 10.2 Å². The Morgan fingerprint density at radius 2 is 2.21 bits per heavy atom. The molecule has 0 atom stereocenters. The summed E-state index contributed by atoms with van der Waals surface area (Å²) in [6, 6.07) is 4.90. The van der Waals surface area contributed by atoms with Crippen molar-refractivity contribution in [2.24, 2.45) is 0 Å². The summed E-state index contributed by atoms with van der Waals surface area (Å²) in [5, 5.41) is 17.6. The Hall–Kier alpha value is -2.08. The number of hydrogen-bond acceptors (Lipinski definition) is 4. The Labute approximate surface area is 114 Å². The second-order valence-corrected chi connectivity index (χ2v) is 4.77. The highest BCUT2D eigenvalue weighted by molar-refractivity contribution is 6.31. The van der Waals surface area contributed by atoms with Crippen molar-refractivity contribution in [1.82, 2.24) is 14.8 Å². The van der Waals surface area contributed by atoms with E-state index in [1.165, 1.54) is 6.07 Å². The molecule has 2 aromatic rings. The zero-order valence-electron chi connectivity index (χ0n) is 9.95. The number of aromatic nitrogens is 3. The van der Waals surface area contributed by atoms with Crippen LogP contribution >= 0.6 is 11.6 Å². The number of rotatable bonds is 2. The van der Waals surface area contributed by atoms with E-state index in [1.807, 2.05) is 9.47 Å². The molecule has 19 heavy (non-hydrogen) atoms. The van der Waals surface area contributed by atoms with Crippen LogP contribution in [0.3, 0.4) is 0 Å². The molecule has 2 heterocycles. The number of aromatic carboxylic acids is 1. The molecule has 0 saturated heterocycles. The first-order valence-electron chi connectivity index (χ1n) is 5.79. The van der Waals surface area contributed by atoms with Crippen molar-refractivity contribution < 1.29 is 9.90 Å². The first kappa shape index (κ1) is 12.0. The van der Waals surface area contributed by atoms with Crippen LogP contribution in [0.25, 0.3) is 0 Å². The lowest BCUT2D eigenvalue weighted by Gasteiger charge is -2.30. The summed E-state index contributed by atoms with van der Waals surface area (Å²) in [5.41, 5.74) is 0.867. The van der Waals surface area contributed by atoms with Gasteiger partial charge in [0.1, 0.15) is 6.33 Å². The van der Waals surface area contributed by atoms with Crippen molar-refractivity contribution in [3.8, 4) is 0 Å². The minimum atomic E-state index is -0.982. The van der Waals surface area contributed by atoms with Crippen LogP contribution in [-0.2, 0) is 13.1 Å². The smallest absolute Gasteiger partial charge is 0.337 e. The predicted molar refractivity (Wildman–Crippen MR) is 69.5 cm³/mol. The molecule has 1 aromatic carbocycles. The van der Waals surface area contributed by atoms with Gasteiger partial charge in [-0.1, -0.05) is 11.6 Å². The van der Waals surface area contributed by atoms with Crippen molar-refractivity contribution in [3.05, 3.63) is 40.9 Å². The molecule has 0 fully saturated rings. The van der Waals surface area contributed by atoms with Crippen LogP contribution in [0.2, 0.25) is 5.02 Å². The first-order valence-corrected chi connectivity index (χ1v) is 6.17. The number of carboxylic acids is 1. The molecule has 0 saturated carbocycles. The minimum absolute atomic E-state index is 0.209. The highest BCUT2D eigenvalue weighted by atomic mass is 35.5. The monoisotopic (exact) mass is 278 g/mol. The van der Waals surface area contributed by atoms with E-state index < -0.39 is 5.97 Å². The van der Waals surface area contributed by atoms with E-state index in [1.54, 1.807) is 18.5 Å². The van der Waals surface area contributed by atoms with E-state index in [4.69, 9.17) is 11.6 Å². The largest absolute Gasteiger partial charge is 0.478 e. The molecule has 1 aliphatic heterocycles. The van der Waals surface area contributed by atoms with E-state index in [0.29, 0.717) is 23.8 Å². The number of benzene rings is 1. The summed E-state index contributed by atoms with van der Waals surface area (Å²) in [4.78, 5) is 13.3. The molecule has 7 heteroatoms. The Kier molecular flexibility index (Phi) is 2.87. The van der Waals surface area contributed by atoms with Gasteiger partial charge in [0.05, 0.1) is 17.8 Å². The molecule has 0 bridgehead atoms. The summed E-state index contributed by atoms with van der Waals surface area (Å²) in [6.45, 7) is 2.00. The Morgan fingerprint density at radius 3 is 3.00 bits per heavy atom. The molecule has 0 amide bonds. The number of nitrogens with zero attached hydrogens (tertiary/aromatic N) is 4. The SMILES string of the molecule is O=C(O)c1cc(Cl)ccc1N1CCn2cnnc2C1. The van der Waals surface area contributed by atoms with Crippen LogP contribution in [0, 0.1) is 0 Å². The fraction of sp³-hybridized carbons (Fsp3) is 0.250. The Balaban J connectivity index is 1.98. The lowest BCUT2D eigenvalue weighted by Crippen LogP contribution is -2.34. The Bertz CT molecular complexity index is 640. The van der Waals surface area contributed by atoms with E-state index in [0.717, 1.165) is 12.4 Å². The zero-order valence-corrected chi connectivity index (χ0v) is 10.7. The molecule has 1 aromatic heterocycles. The second-order valence-electron chi connectivity index (χ2n) is 4.33. The van der Waals surface area contributed by atoms with Crippen LogP contribution in [0.15, 0.2) is 24.5 Å². The average Bonchev–Trinajstić information content (AvgIpc) is 2.85. The molecule has 98 valence electrons. The summed E-state index contributed by atoms with van der Waals surface area (Å²) in [6.07, 6.45) is 1.69. The van der Waals surface area contributed by atoms with Gasteiger partial charge in [0, 0.05) is 18.1 Å². The van der Waals surface area contributed by atoms with Crippen molar-refractivity contribution in [3.63, 3.8) is 0 Å². The molecular weight excluding hydrogens is 268 g/mol. The van der Waals surface area contributed by atoms with Gasteiger partial charge in [-0.3, -0.25) is 0 Å². The molecule has 0 unspecified atom stereocenters. The fourth-order valence-electron chi connectivity index (χ4n) is 2.23. The van der Waals surface area contributed by atoms with Crippen molar-refractivity contribution in [1.29, 1.82) is 0 Å². The van der Waals surface area contributed by atoms with Gasteiger partial charge < -0.3 is 14.6 Å². The summed E-state index contributed by atoms with van der Waals surface area (Å²) < 4.78 is 1.97. The second kappa shape index (κ2) is 4.55. The summed E-state index contributed by atoms with van der Waals surface area (Å²) in [7, 11) is 0. The molecular formula is C12H11ClN4O2. The van der Waals surface area contributed by atoms with Gasteiger partial charge >= 0.3 is 5.97 Å². The van der Waals surface area contributed by atoms with Crippen LogP contribution in [0.1, 0.15) is 16.2 Å². The van der Waals surface area contributed by atoms with Gasteiger partial charge in [-0.05, 0) is 18.2 Å². The highest BCUT2D eigenvalue weighted by Crippen LogP contribution is 2.27. The molecule has 0 radical (unpaired) electrons.